The molecule has 0 fully saturated rings. The Balaban J connectivity index is 1.93. The SMILES string of the molecule is N#Cc1ccccc1-c1c(-c2ccccc2)c(-c2ccccc2)c(-c2ccccc2C#N)c(-c2ccccc2C#N)c1-c1ccccc1C#N. The molecule has 0 saturated heterocycles. The van der Waals surface area contributed by atoms with E-state index in [-0.39, 0.29) is 0 Å². The fourth-order valence-corrected chi connectivity index (χ4v) is 6.81. The zero-order chi connectivity index (χ0) is 34.5. The highest BCUT2D eigenvalue weighted by atomic mass is 14.4. The number of nitriles is 4. The van der Waals surface area contributed by atoms with Crippen LogP contribution in [0.3, 0.4) is 0 Å². The minimum Gasteiger partial charge on any atom is -0.192 e. The van der Waals surface area contributed by atoms with Gasteiger partial charge in [0.1, 0.15) is 0 Å². The van der Waals surface area contributed by atoms with Gasteiger partial charge >= 0.3 is 0 Å². The van der Waals surface area contributed by atoms with Crippen molar-refractivity contribution in [3.8, 4) is 91.0 Å². The van der Waals surface area contributed by atoms with Gasteiger partial charge in [0, 0.05) is 33.4 Å². The van der Waals surface area contributed by atoms with E-state index < -0.39 is 0 Å². The summed E-state index contributed by atoms with van der Waals surface area (Å²) in [5, 5.41) is 42.3. The number of rotatable bonds is 6. The molecule has 0 aliphatic rings. The summed E-state index contributed by atoms with van der Waals surface area (Å²) in [4.78, 5) is 0. The van der Waals surface area contributed by atoms with Crippen molar-refractivity contribution in [2.75, 3.05) is 0 Å². The summed E-state index contributed by atoms with van der Waals surface area (Å²) < 4.78 is 0. The Morgan fingerprint density at radius 3 is 0.720 bits per heavy atom. The van der Waals surface area contributed by atoms with Gasteiger partial charge in [-0.3, -0.25) is 0 Å². The summed E-state index contributed by atoms with van der Waals surface area (Å²) >= 11 is 0. The molecule has 0 unspecified atom stereocenters. The van der Waals surface area contributed by atoms with Crippen molar-refractivity contribution >= 4 is 0 Å². The molecular formula is C46H26N4. The fraction of sp³-hybridized carbons (Fsp3) is 0. The van der Waals surface area contributed by atoms with E-state index in [1.165, 1.54) is 0 Å². The van der Waals surface area contributed by atoms with Gasteiger partial charge in [-0.05, 0) is 57.6 Å². The van der Waals surface area contributed by atoms with E-state index in [1.54, 1.807) is 24.3 Å². The Morgan fingerprint density at radius 1 is 0.240 bits per heavy atom. The second-order valence-electron chi connectivity index (χ2n) is 11.6. The molecule has 50 heavy (non-hydrogen) atoms. The highest BCUT2D eigenvalue weighted by Gasteiger charge is 2.32. The van der Waals surface area contributed by atoms with Crippen LogP contribution >= 0.6 is 0 Å². The van der Waals surface area contributed by atoms with Crippen LogP contribution in [0.4, 0.5) is 0 Å². The first-order valence-electron chi connectivity index (χ1n) is 16.0. The van der Waals surface area contributed by atoms with Gasteiger partial charge in [-0.25, -0.2) is 0 Å². The first-order chi connectivity index (χ1) is 24.7. The smallest absolute Gasteiger partial charge is 0.0998 e. The second kappa shape index (κ2) is 13.7. The van der Waals surface area contributed by atoms with Crippen molar-refractivity contribution in [1.82, 2.24) is 0 Å². The number of hydrogen-bond acceptors (Lipinski definition) is 4. The molecule has 7 aromatic carbocycles. The molecule has 0 aromatic heterocycles. The van der Waals surface area contributed by atoms with Crippen LogP contribution in [-0.2, 0) is 0 Å². The van der Waals surface area contributed by atoms with E-state index in [4.69, 9.17) is 0 Å². The van der Waals surface area contributed by atoms with Crippen LogP contribution in [-0.4, -0.2) is 0 Å². The third-order valence-electron chi connectivity index (χ3n) is 8.89. The van der Waals surface area contributed by atoms with Crippen molar-refractivity contribution in [1.29, 1.82) is 21.0 Å². The maximum Gasteiger partial charge on any atom is 0.0998 e. The molecule has 230 valence electrons. The third kappa shape index (κ3) is 5.37. The zero-order valence-corrected chi connectivity index (χ0v) is 26.8. The molecule has 0 atom stereocenters. The van der Waals surface area contributed by atoms with Crippen molar-refractivity contribution in [3.05, 3.63) is 180 Å². The Bertz CT molecular complexity index is 2390. The topological polar surface area (TPSA) is 95.2 Å². The number of nitrogens with zero attached hydrogens (tertiary/aromatic N) is 4. The molecular weight excluding hydrogens is 609 g/mol. The van der Waals surface area contributed by atoms with E-state index in [1.807, 2.05) is 133 Å². The summed E-state index contributed by atoms with van der Waals surface area (Å²) in [5.74, 6) is 0. The summed E-state index contributed by atoms with van der Waals surface area (Å²) in [6.45, 7) is 0. The molecule has 4 heteroatoms. The molecule has 7 aromatic rings. The molecule has 0 saturated carbocycles. The predicted octanol–water partition coefficient (Wildman–Crippen LogP) is 11.2. The average Bonchev–Trinajstić information content (AvgIpc) is 3.20. The van der Waals surface area contributed by atoms with Crippen LogP contribution in [0.1, 0.15) is 22.3 Å². The largest absolute Gasteiger partial charge is 0.192 e. The summed E-state index contributed by atoms with van der Waals surface area (Å²) in [6.07, 6.45) is 0. The molecule has 0 amide bonds. The second-order valence-corrected chi connectivity index (χ2v) is 11.6. The van der Waals surface area contributed by atoms with Crippen LogP contribution in [0, 0.1) is 45.3 Å². The highest BCUT2D eigenvalue weighted by Crippen LogP contribution is 2.57. The predicted molar refractivity (Wildman–Crippen MR) is 198 cm³/mol. The van der Waals surface area contributed by atoms with E-state index in [9.17, 15) is 21.0 Å². The molecule has 0 spiro atoms. The Hall–Kier alpha value is -7.50. The summed E-state index contributed by atoms with van der Waals surface area (Å²) in [5.41, 5.74) is 10.8. The van der Waals surface area contributed by atoms with Gasteiger partial charge in [0.05, 0.1) is 46.5 Å². The van der Waals surface area contributed by atoms with E-state index in [0.717, 1.165) is 33.4 Å². The summed E-state index contributed by atoms with van der Waals surface area (Å²) in [7, 11) is 0. The lowest BCUT2D eigenvalue weighted by Gasteiger charge is -2.29. The van der Waals surface area contributed by atoms with E-state index in [2.05, 4.69) is 24.3 Å². The minimum absolute atomic E-state index is 0.435. The van der Waals surface area contributed by atoms with E-state index >= 15 is 0 Å². The van der Waals surface area contributed by atoms with Gasteiger partial charge in [-0.2, -0.15) is 21.0 Å². The number of benzene rings is 7. The normalized spacial score (nSPS) is 10.3. The van der Waals surface area contributed by atoms with Gasteiger partial charge in [0.2, 0.25) is 0 Å². The third-order valence-corrected chi connectivity index (χ3v) is 8.89. The lowest BCUT2D eigenvalue weighted by Crippen LogP contribution is -2.05. The van der Waals surface area contributed by atoms with Gasteiger partial charge < -0.3 is 0 Å². The van der Waals surface area contributed by atoms with E-state index in [0.29, 0.717) is 55.6 Å². The fourth-order valence-electron chi connectivity index (χ4n) is 6.81. The van der Waals surface area contributed by atoms with Crippen molar-refractivity contribution in [2.45, 2.75) is 0 Å². The first kappa shape index (κ1) is 31.1. The molecule has 0 bridgehead atoms. The highest BCUT2D eigenvalue weighted by molar-refractivity contribution is 6.16. The molecule has 0 aliphatic carbocycles. The Morgan fingerprint density at radius 2 is 0.460 bits per heavy atom. The molecule has 0 heterocycles. The Labute approximate surface area is 291 Å². The van der Waals surface area contributed by atoms with Crippen LogP contribution in [0.2, 0.25) is 0 Å². The van der Waals surface area contributed by atoms with Crippen molar-refractivity contribution in [2.24, 2.45) is 0 Å². The monoisotopic (exact) mass is 634 g/mol. The minimum atomic E-state index is 0.435. The number of hydrogen-bond donors (Lipinski definition) is 0. The van der Waals surface area contributed by atoms with Gasteiger partial charge in [-0.15, -0.1) is 0 Å². The molecule has 7 rings (SSSR count). The molecule has 4 nitrogen and oxygen atoms in total. The van der Waals surface area contributed by atoms with Gasteiger partial charge in [0.25, 0.3) is 0 Å². The maximum absolute atomic E-state index is 10.6. The standard InChI is InChI=1S/C46H26N4/c47-27-33-19-7-11-23-37(33)43-41(31-15-3-1-4-16-31)42(32-17-5-2-6-18-32)44(38-24-12-8-20-34(38)28-48)46(40-26-14-10-22-36(40)30-50)45(43)39-25-13-9-21-35(39)29-49/h1-26H. The Kier molecular flexibility index (Phi) is 8.52. The van der Waals surface area contributed by atoms with Crippen molar-refractivity contribution in [3.63, 3.8) is 0 Å². The van der Waals surface area contributed by atoms with Crippen LogP contribution < -0.4 is 0 Å². The molecule has 0 aliphatic heterocycles. The lowest BCUT2D eigenvalue weighted by atomic mass is 9.72. The average molecular weight is 635 g/mol. The summed E-state index contributed by atoms with van der Waals surface area (Å²) in [6, 6.07) is 59.5. The van der Waals surface area contributed by atoms with Crippen LogP contribution in [0.15, 0.2) is 158 Å². The van der Waals surface area contributed by atoms with Crippen LogP contribution in [0.25, 0.3) is 66.8 Å². The van der Waals surface area contributed by atoms with Crippen molar-refractivity contribution < 1.29 is 0 Å². The zero-order valence-electron chi connectivity index (χ0n) is 26.8. The first-order valence-corrected chi connectivity index (χ1v) is 16.0. The molecule has 0 radical (unpaired) electrons. The molecule has 0 N–H and O–H groups in total. The lowest BCUT2D eigenvalue weighted by molar-refractivity contribution is 1.44. The quantitative estimate of drug-likeness (QED) is 0.182. The van der Waals surface area contributed by atoms with Gasteiger partial charge in [0.15, 0.2) is 0 Å². The van der Waals surface area contributed by atoms with Gasteiger partial charge in [-0.1, -0.05) is 133 Å². The maximum atomic E-state index is 10.6. The van der Waals surface area contributed by atoms with Crippen LogP contribution in [0.5, 0.6) is 0 Å².